The van der Waals surface area contributed by atoms with Gasteiger partial charge in [-0.25, -0.2) is 4.79 Å². The van der Waals surface area contributed by atoms with Gasteiger partial charge in [0.25, 0.3) is 0 Å². The monoisotopic (exact) mass is 420 g/mol. The van der Waals surface area contributed by atoms with Gasteiger partial charge >= 0.3 is 5.97 Å². The molecule has 162 valence electrons. The highest BCUT2D eigenvalue weighted by Gasteiger charge is 2.24. The first-order valence-corrected chi connectivity index (χ1v) is 10.3. The number of H-pyrrole nitrogens is 1. The zero-order valence-corrected chi connectivity index (χ0v) is 18.8. The van der Waals surface area contributed by atoms with Gasteiger partial charge < -0.3 is 15.0 Å². The number of ether oxygens (including phenoxy) is 1. The van der Waals surface area contributed by atoms with E-state index in [4.69, 9.17) is 4.74 Å². The average molecular weight is 421 g/mol. The van der Waals surface area contributed by atoms with E-state index in [0.29, 0.717) is 11.3 Å². The van der Waals surface area contributed by atoms with E-state index in [1.165, 1.54) is 7.11 Å². The molecule has 0 unspecified atom stereocenters. The summed E-state index contributed by atoms with van der Waals surface area (Å²) >= 11 is 0. The lowest BCUT2D eigenvalue weighted by Crippen LogP contribution is -2.22. The Balaban J connectivity index is 2.34. The Labute approximate surface area is 181 Å². The van der Waals surface area contributed by atoms with E-state index in [0.717, 1.165) is 22.4 Å². The number of aryl methyl sites for hydroxylation is 3. The number of esters is 1. The molecule has 2 N–H and O–H groups in total. The summed E-state index contributed by atoms with van der Waals surface area (Å²) < 4.78 is 4.86. The molecular formula is C25H28N2O4. The van der Waals surface area contributed by atoms with Crippen LogP contribution in [-0.2, 0) is 4.74 Å². The van der Waals surface area contributed by atoms with E-state index in [9.17, 15) is 14.4 Å². The first kappa shape index (κ1) is 22.3. The standard InChI is InChI=1S/C25H28N2O4/c1-13(2)11-19(28)21-23(29)20-17(25(30)31-6)9-8-15(4)22(20)27-24(21)26-18-10-7-14(3)12-16(18)5/h7-10,12-13H,11H2,1-6H3,(H2,26,27,29). The maximum absolute atomic E-state index is 13.6. The quantitative estimate of drug-likeness (QED) is 0.422. The van der Waals surface area contributed by atoms with E-state index in [-0.39, 0.29) is 34.6 Å². The second-order valence-corrected chi connectivity index (χ2v) is 8.34. The normalized spacial score (nSPS) is 11.1. The van der Waals surface area contributed by atoms with Crippen LogP contribution in [-0.4, -0.2) is 23.8 Å². The van der Waals surface area contributed by atoms with Crippen molar-refractivity contribution in [2.24, 2.45) is 5.92 Å². The van der Waals surface area contributed by atoms with Crippen LogP contribution in [0.4, 0.5) is 11.5 Å². The second kappa shape index (κ2) is 8.76. The molecule has 0 atom stereocenters. The number of benzene rings is 2. The Bertz CT molecular complexity index is 1240. The van der Waals surface area contributed by atoms with Crippen LogP contribution in [0, 0.1) is 26.7 Å². The van der Waals surface area contributed by atoms with Crippen LogP contribution in [0.5, 0.6) is 0 Å². The lowest BCUT2D eigenvalue weighted by atomic mass is 9.96. The molecule has 3 rings (SSSR count). The molecule has 1 aromatic heterocycles. The maximum atomic E-state index is 13.6. The first-order valence-electron chi connectivity index (χ1n) is 10.3. The number of rotatable bonds is 6. The molecule has 2 aromatic carbocycles. The summed E-state index contributed by atoms with van der Waals surface area (Å²) in [6, 6.07) is 9.22. The molecule has 0 amide bonds. The van der Waals surface area contributed by atoms with E-state index >= 15 is 0 Å². The van der Waals surface area contributed by atoms with Crippen molar-refractivity contribution in [1.29, 1.82) is 0 Å². The zero-order valence-electron chi connectivity index (χ0n) is 18.8. The van der Waals surface area contributed by atoms with E-state index in [1.807, 2.05) is 52.8 Å². The van der Waals surface area contributed by atoms with Crippen molar-refractivity contribution >= 4 is 34.2 Å². The number of hydrogen-bond acceptors (Lipinski definition) is 5. The summed E-state index contributed by atoms with van der Waals surface area (Å²) in [7, 11) is 1.27. The predicted octanol–water partition coefficient (Wildman–Crippen LogP) is 5.21. The molecule has 3 aromatic rings. The van der Waals surface area contributed by atoms with Crippen LogP contribution in [0.3, 0.4) is 0 Å². The van der Waals surface area contributed by atoms with Crippen molar-refractivity contribution in [3.63, 3.8) is 0 Å². The van der Waals surface area contributed by atoms with Crippen molar-refractivity contribution in [3.8, 4) is 0 Å². The Morgan fingerprint density at radius 2 is 1.77 bits per heavy atom. The molecule has 31 heavy (non-hydrogen) atoms. The van der Waals surface area contributed by atoms with Crippen LogP contribution in [0.15, 0.2) is 35.1 Å². The molecule has 0 spiro atoms. The van der Waals surface area contributed by atoms with Crippen molar-refractivity contribution in [2.75, 3.05) is 12.4 Å². The minimum absolute atomic E-state index is 0.0249. The van der Waals surface area contributed by atoms with Crippen LogP contribution >= 0.6 is 0 Å². The molecule has 6 heteroatoms. The number of carbonyl (C=O) groups is 2. The highest BCUT2D eigenvalue weighted by atomic mass is 16.5. The Hall–Kier alpha value is -3.41. The summed E-state index contributed by atoms with van der Waals surface area (Å²) in [6.07, 6.45) is 0.218. The number of aromatic amines is 1. The number of carbonyl (C=O) groups excluding carboxylic acids is 2. The number of pyridine rings is 1. The number of anilines is 2. The number of methoxy groups -OCH3 is 1. The van der Waals surface area contributed by atoms with Crippen LogP contribution in [0.25, 0.3) is 10.9 Å². The number of hydrogen-bond donors (Lipinski definition) is 2. The van der Waals surface area contributed by atoms with Gasteiger partial charge in [-0.1, -0.05) is 37.6 Å². The predicted molar refractivity (Wildman–Crippen MR) is 124 cm³/mol. The van der Waals surface area contributed by atoms with Gasteiger partial charge in [-0.05, 0) is 49.9 Å². The smallest absolute Gasteiger partial charge is 0.338 e. The summed E-state index contributed by atoms with van der Waals surface area (Å²) in [5, 5.41) is 3.42. The topological polar surface area (TPSA) is 88.3 Å². The van der Waals surface area contributed by atoms with Gasteiger partial charge in [0.1, 0.15) is 11.4 Å². The molecule has 6 nitrogen and oxygen atoms in total. The molecule has 1 heterocycles. The van der Waals surface area contributed by atoms with Crippen molar-refractivity contribution in [1.82, 2.24) is 4.98 Å². The third kappa shape index (κ3) is 4.38. The average Bonchev–Trinajstić information content (AvgIpc) is 2.69. The van der Waals surface area contributed by atoms with Gasteiger partial charge in [-0.3, -0.25) is 9.59 Å². The van der Waals surface area contributed by atoms with Crippen molar-refractivity contribution in [3.05, 3.63) is 68.4 Å². The van der Waals surface area contributed by atoms with Gasteiger partial charge in [0.05, 0.1) is 23.6 Å². The Morgan fingerprint density at radius 3 is 2.39 bits per heavy atom. The first-order chi connectivity index (χ1) is 14.6. The third-order valence-electron chi connectivity index (χ3n) is 5.29. The summed E-state index contributed by atoms with van der Waals surface area (Å²) in [5.41, 5.74) is 3.87. The molecule has 0 radical (unpaired) electrons. The number of aromatic nitrogens is 1. The van der Waals surface area contributed by atoms with Crippen molar-refractivity contribution < 1.29 is 14.3 Å². The molecule has 0 aliphatic carbocycles. The SMILES string of the molecule is COC(=O)c1ccc(C)c2[nH]c(Nc3ccc(C)cc3C)c(C(=O)CC(C)C)c(=O)c12. The Kier molecular flexibility index (Phi) is 6.29. The maximum Gasteiger partial charge on any atom is 0.338 e. The van der Waals surface area contributed by atoms with Gasteiger partial charge in [0.15, 0.2) is 5.78 Å². The van der Waals surface area contributed by atoms with Gasteiger partial charge in [-0.15, -0.1) is 0 Å². The molecule has 0 saturated heterocycles. The zero-order chi connectivity index (χ0) is 22.9. The minimum atomic E-state index is -0.618. The number of fused-ring (bicyclic) bond motifs is 1. The minimum Gasteiger partial charge on any atom is -0.465 e. The molecular weight excluding hydrogens is 392 g/mol. The molecule has 0 aliphatic heterocycles. The lowest BCUT2D eigenvalue weighted by molar-refractivity contribution is 0.0602. The number of nitrogens with one attached hydrogen (secondary N) is 2. The largest absolute Gasteiger partial charge is 0.465 e. The van der Waals surface area contributed by atoms with Crippen molar-refractivity contribution in [2.45, 2.75) is 41.0 Å². The highest BCUT2D eigenvalue weighted by molar-refractivity contribution is 6.09. The molecule has 0 bridgehead atoms. The molecule has 0 fully saturated rings. The van der Waals surface area contributed by atoms with Gasteiger partial charge in [-0.2, -0.15) is 0 Å². The fourth-order valence-electron chi connectivity index (χ4n) is 3.73. The van der Waals surface area contributed by atoms with E-state index in [2.05, 4.69) is 10.3 Å². The highest BCUT2D eigenvalue weighted by Crippen LogP contribution is 2.27. The van der Waals surface area contributed by atoms with E-state index < -0.39 is 11.4 Å². The fourth-order valence-corrected chi connectivity index (χ4v) is 3.73. The number of ketones is 1. The Morgan fingerprint density at radius 1 is 1.06 bits per heavy atom. The second-order valence-electron chi connectivity index (χ2n) is 8.34. The number of Topliss-reactive ketones (excluding diaryl/α,β-unsaturated/α-hetero) is 1. The van der Waals surface area contributed by atoms with Crippen LogP contribution < -0.4 is 10.7 Å². The van der Waals surface area contributed by atoms with E-state index in [1.54, 1.807) is 12.1 Å². The van der Waals surface area contributed by atoms with Gasteiger partial charge in [0.2, 0.25) is 5.43 Å². The lowest BCUT2D eigenvalue weighted by Gasteiger charge is -2.17. The fraction of sp³-hybridized carbons (Fsp3) is 0.320. The van der Waals surface area contributed by atoms with Crippen LogP contribution in [0.1, 0.15) is 57.7 Å². The summed E-state index contributed by atoms with van der Waals surface area (Å²) in [4.78, 5) is 42.3. The molecule has 0 saturated carbocycles. The molecule has 0 aliphatic rings. The summed E-state index contributed by atoms with van der Waals surface area (Å²) in [5.74, 6) is -0.482. The third-order valence-corrected chi connectivity index (χ3v) is 5.29. The summed E-state index contributed by atoms with van der Waals surface area (Å²) in [6.45, 7) is 9.66. The van der Waals surface area contributed by atoms with Crippen LogP contribution in [0.2, 0.25) is 0 Å². The van der Waals surface area contributed by atoms with Gasteiger partial charge in [0, 0.05) is 12.1 Å².